The van der Waals surface area contributed by atoms with Gasteiger partial charge in [-0.25, -0.2) is 0 Å². The molecule has 4 rings (SSSR count). The summed E-state index contributed by atoms with van der Waals surface area (Å²) in [7, 11) is 4.25. The van der Waals surface area contributed by atoms with Crippen LogP contribution in [-0.4, -0.2) is 60.8 Å². The van der Waals surface area contributed by atoms with Crippen molar-refractivity contribution in [2.75, 3.05) is 37.4 Å². The summed E-state index contributed by atoms with van der Waals surface area (Å²) in [6, 6.07) is 14.2. The van der Waals surface area contributed by atoms with Gasteiger partial charge in [-0.3, -0.25) is 9.78 Å². The smallest absolute Gasteiger partial charge is 0.268 e. The first kappa shape index (κ1) is 18.4. The second-order valence-electron chi connectivity index (χ2n) is 7.44. The standard InChI is InChI=1S/C21H25N5O2/c1-25(2)17-10-12-26(14-17)16-8-6-15(7-9-16)23-21(27)20-13-19(24-28-20)18-5-3-4-11-22-18/h3-9,11,17,20H,10,12-14H2,1-2H3,(H,23,27). The highest BCUT2D eigenvalue weighted by Crippen LogP contribution is 2.24. The number of anilines is 2. The zero-order valence-corrected chi connectivity index (χ0v) is 16.2. The van der Waals surface area contributed by atoms with Crippen molar-refractivity contribution in [1.82, 2.24) is 9.88 Å². The van der Waals surface area contributed by atoms with E-state index < -0.39 is 6.10 Å². The fraction of sp³-hybridized carbons (Fsp3) is 0.381. The molecule has 2 aromatic rings. The maximum Gasteiger partial charge on any atom is 0.268 e. The van der Waals surface area contributed by atoms with Crippen molar-refractivity contribution in [3.63, 3.8) is 0 Å². The lowest BCUT2D eigenvalue weighted by molar-refractivity contribution is -0.125. The first-order valence-electron chi connectivity index (χ1n) is 9.56. The van der Waals surface area contributed by atoms with Crippen LogP contribution in [0.4, 0.5) is 11.4 Å². The highest BCUT2D eigenvalue weighted by Gasteiger charge is 2.29. The van der Waals surface area contributed by atoms with Gasteiger partial charge in [-0.2, -0.15) is 0 Å². The SMILES string of the molecule is CN(C)C1CCN(c2ccc(NC(=O)C3CC(c4ccccn4)=NO3)cc2)C1. The minimum absolute atomic E-state index is 0.198. The number of hydrogen-bond donors (Lipinski definition) is 1. The van der Waals surface area contributed by atoms with E-state index >= 15 is 0 Å². The van der Waals surface area contributed by atoms with Crippen LogP contribution in [0.15, 0.2) is 53.8 Å². The second-order valence-corrected chi connectivity index (χ2v) is 7.44. The van der Waals surface area contributed by atoms with Crippen LogP contribution in [0.1, 0.15) is 18.5 Å². The molecule has 28 heavy (non-hydrogen) atoms. The average Bonchev–Trinajstić information content (AvgIpc) is 3.39. The molecular weight excluding hydrogens is 354 g/mol. The van der Waals surface area contributed by atoms with E-state index in [0.29, 0.717) is 18.2 Å². The molecule has 1 fully saturated rings. The lowest BCUT2D eigenvalue weighted by Gasteiger charge is -2.22. The molecule has 7 heteroatoms. The average molecular weight is 379 g/mol. The van der Waals surface area contributed by atoms with Crippen LogP contribution in [-0.2, 0) is 9.63 Å². The lowest BCUT2D eigenvalue weighted by atomic mass is 10.1. The molecule has 1 aromatic heterocycles. The van der Waals surface area contributed by atoms with Crippen molar-refractivity contribution in [2.45, 2.75) is 25.0 Å². The number of aromatic nitrogens is 1. The number of benzene rings is 1. The maximum atomic E-state index is 12.5. The van der Waals surface area contributed by atoms with E-state index in [9.17, 15) is 4.79 Å². The second kappa shape index (κ2) is 7.98. The molecule has 146 valence electrons. The van der Waals surface area contributed by atoms with E-state index in [1.807, 2.05) is 30.3 Å². The molecule has 0 spiro atoms. The molecule has 1 aromatic carbocycles. The van der Waals surface area contributed by atoms with Crippen LogP contribution in [0.5, 0.6) is 0 Å². The Hall–Kier alpha value is -2.93. The maximum absolute atomic E-state index is 12.5. The molecule has 2 atom stereocenters. The molecule has 2 aliphatic rings. The Bertz CT molecular complexity index is 851. The summed E-state index contributed by atoms with van der Waals surface area (Å²) in [4.78, 5) is 26.7. The van der Waals surface area contributed by atoms with Crippen molar-refractivity contribution in [3.05, 3.63) is 54.4 Å². The summed E-state index contributed by atoms with van der Waals surface area (Å²) >= 11 is 0. The van der Waals surface area contributed by atoms with Gasteiger partial charge in [0.2, 0.25) is 6.10 Å². The van der Waals surface area contributed by atoms with Gasteiger partial charge in [0.05, 0.1) is 5.69 Å². The number of amides is 1. The summed E-state index contributed by atoms with van der Waals surface area (Å²) in [5, 5.41) is 6.94. The number of rotatable bonds is 5. The molecule has 1 amide bonds. The van der Waals surface area contributed by atoms with Gasteiger partial charge in [0, 0.05) is 43.1 Å². The number of pyridine rings is 1. The fourth-order valence-electron chi connectivity index (χ4n) is 3.58. The summed E-state index contributed by atoms with van der Waals surface area (Å²) in [6.45, 7) is 2.08. The normalized spacial score (nSPS) is 21.5. The monoisotopic (exact) mass is 379 g/mol. The Morgan fingerprint density at radius 1 is 1.21 bits per heavy atom. The zero-order valence-electron chi connectivity index (χ0n) is 16.2. The summed E-state index contributed by atoms with van der Waals surface area (Å²) in [5.41, 5.74) is 3.37. The van der Waals surface area contributed by atoms with E-state index in [4.69, 9.17) is 4.84 Å². The van der Waals surface area contributed by atoms with Crippen molar-refractivity contribution in [1.29, 1.82) is 0 Å². The number of nitrogens with one attached hydrogen (secondary N) is 1. The van der Waals surface area contributed by atoms with Crippen LogP contribution >= 0.6 is 0 Å². The fourth-order valence-corrected chi connectivity index (χ4v) is 3.58. The largest absolute Gasteiger partial charge is 0.382 e. The number of likely N-dealkylation sites (N-methyl/N-ethyl adjacent to an activating group) is 1. The van der Waals surface area contributed by atoms with Gasteiger partial charge in [0.15, 0.2) is 0 Å². The zero-order chi connectivity index (χ0) is 19.5. The molecule has 1 saturated heterocycles. The number of nitrogens with zero attached hydrogens (tertiary/aromatic N) is 4. The Morgan fingerprint density at radius 2 is 2.04 bits per heavy atom. The van der Waals surface area contributed by atoms with E-state index in [0.717, 1.165) is 24.5 Å². The van der Waals surface area contributed by atoms with Crippen LogP contribution in [0.3, 0.4) is 0 Å². The van der Waals surface area contributed by atoms with E-state index in [2.05, 4.69) is 51.5 Å². The molecule has 2 aliphatic heterocycles. The topological polar surface area (TPSA) is 70.1 Å². The molecule has 0 radical (unpaired) electrons. The van der Waals surface area contributed by atoms with Crippen LogP contribution in [0.2, 0.25) is 0 Å². The summed E-state index contributed by atoms with van der Waals surface area (Å²) < 4.78 is 0. The Labute approximate surface area is 165 Å². The van der Waals surface area contributed by atoms with E-state index in [1.54, 1.807) is 6.20 Å². The van der Waals surface area contributed by atoms with Gasteiger partial charge in [0.1, 0.15) is 5.71 Å². The lowest BCUT2D eigenvalue weighted by Crippen LogP contribution is -2.31. The number of carbonyl (C=O) groups excluding carboxylic acids is 1. The van der Waals surface area contributed by atoms with Crippen molar-refractivity contribution < 1.29 is 9.63 Å². The number of oxime groups is 1. The van der Waals surface area contributed by atoms with Gasteiger partial charge in [-0.15, -0.1) is 0 Å². The molecular formula is C21H25N5O2. The quantitative estimate of drug-likeness (QED) is 0.864. The molecule has 2 unspecified atom stereocenters. The van der Waals surface area contributed by atoms with Gasteiger partial charge in [0.25, 0.3) is 5.91 Å². The van der Waals surface area contributed by atoms with Crippen LogP contribution < -0.4 is 10.2 Å². The summed E-state index contributed by atoms with van der Waals surface area (Å²) in [6.07, 6.45) is 2.66. The molecule has 0 bridgehead atoms. The minimum atomic E-state index is -0.629. The number of carbonyl (C=O) groups is 1. The Balaban J connectivity index is 1.32. The number of hydrogen-bond acceptors (Lipinski definition) is 6. The predicted molar refractivity (Wildman–Crippen MR) is 110 cm³/mol. The highest BCUT2D eigenvalue weighted by molar-refractivity contribution is 6.05. The van der Waals surface area contributed by atoms with Gasteiger partial charge < -0.3 is 20.0 Å². The Morgan fingerprint density at radius 3 is 2.71 bits per heavy atom. The van der Waals surface area contributed by atoms with Gasteiger partial charge in [-0.05, 0) is 56.9 Å². The molecule has 7 nitrogen and oxygen atoms in total. The summed E-state index contributed by atoms with van der Waals surface area (Å²) in [5.74, 6) is -0.198. The third-order valence-electron chi connectivity index (χ3n) is 5.32. The van der Waals surface area contributed by atoms with Crippen molar-refractivity contribution in [3.8, 4) is 0 Å². The highest BCUT2D eigenvalue weighted by atomic mass is 16.6. The molecule has 0 saturated carbocycles. The molecule has 1 N–H and O–H groups in total. The first-order chi connectivity index (χ1) is 13.6. The minimum Gasteiger partial charge on any atom is -0.382 e. The Kier molecular flexibility index (Phi) is 5.25. The van der Waals surface area contributed by atoms with E-state index in [1.165, 1.54) is 12.1 Å². The van der Waals surface area contributed by atoms with Crippen molar-refractivity contribution in [2.24, 2.45) is 5.16 Å². The first-order valence-corrected chi connectivity index (χ1v) is 9.56. The van der Waals surface area contributed by atoms with Gasteiger partial charge >= 0.3 is 0 Å². The van der Waals surface area contributed by atoms with Crippen LogP contribution in [0.25, 0.3) is 0 Å². The van der Waals surface area contributed by atoms with Crippen molar-refractivity contribution >= 4 is 23.0 Å². The molecule has 0 aliphatic carbocycles. The third-order valence-corrected chi connectivity index (χ3v) is 5.32. The van der Waals surface area contributed by atoms with Crippen LogP contribution in [0, 0.1) is 0 Å². The van der Waals surface area contributed by atoms with Gasteiger partial charge in [-0.1, -0.05) is 11.2 Å². The third kappa shape index (κ3) is 3.99. The predicted octanol–water partition coefficient (Wildman–Crippen LogP) is 2.35. The molecule has 3 heterocycles. The van der Waals surface area contributed by atoms with E-state index in [-0.39, 0.29) is 5.91 Å².